The number of halogens is 3. The van der Waals surface area contributed by atoms with Crippen molar-refractivity contribution in [2.24, 2.45) is 5.92 Å². The summed E-state index contributed by atoms with van der Waals surface area (Å²) in [5, 5.41) is 0. The molecule has 1 aliphatic rings. The van der Waals surface area contributed by atoms with Crippen molar-refractivity contribution in [1.82, 2.24) is 0 Å². The van der Waals surface area contributed by atoms with Crippen LogP contribution in [0.25, 0.3) is 0 Å². The average molecular weight is 431 g/mol. The van der Waals surface area contributed by atoms with E-state index in [1.165, 1.54) is 51.7 Å². The highest BCUT2D eigenvalue weighted by Gasteiger charge is 2.19. The van der Waals surface area contributed by atoms with Gasteiger partial charge in [-0.15, -0.1) is 11.3 Å². The summed E-state index contributed by atoms with van der Waals surface area (Å²) in [5.41, 5.74) is 1.40. The normalized spacial score (nSPS) is 19.2. The quantitative estimate of drug-likeness (QED) is 0.467. The van der Waals surface area contributed by atoms with E-state index in [4.69, 9.17) is 0 Å². The van der Waals surface area contributed by atoms with Gasteiger partial charge in [-0.1, -0.05) is 41.6 Å². The van der Waals surface area contributed by atoms with Crippen molar-refractivity contribution in [3.05, 3.63) is 19.2 Å². The van der Waals surface area contributed by atoms with Gasteiger partial charge in [-0.2, -0.15) is 0 Å². The minimum atomic E-state index is 0.505. The van der Waals surface area contributed by atoms with Crippen LogP contribution in [0, 0.1) is 5.92 Å². The fourth-order valence-electron chi connectivity index (χ4n) is 2.40. The second-order valence-corrected chi connectivity index (χ2v) is 9.33. The molecule has 1 fully saturated rings. The number of rotatable bonds is 4. The average Bonchev–Trinajstić information content (AvgIpc) is 2.84. The van der Waals surface area contributed by atoms with E-state index in [0.717, 1.165) is 5.92 Å². The molecule has 1 unspecified atom stereocenters. The van der Waals surface area contributed by atoms with Crippen LogP contribution in [0.15, 0.2) is 13.6 Å². The second kappa shape index (κ2) is 6.35. The van der Waals surface area contributed by atoms with Crippen LogP contribution in [0.4, 0.5) is 0 Å². The molecule has 1 atom stereocenters. The topological polar surface area (TPSA) is 0 Å². The molecule has 1 aromatic rings. The minimum Gasteiger partial charge on any atom is -0.121 e. The first-order chi connectivity index (χ1) is 7.66. The summed E-state index contributed by atoms with van der Waals surface area (Å²) in [5.74, 6) is 0.987. The Kier molecular flexibility index (Phi) is 5.38. The van der Waals surface area contributed by atoms with Gasteiger partial charge in [0.2, 0.25) is 0 Å². The molecule has 2 rings (SSSR count). The Morgan fingerprint density at radius 2 is 2.00 bits per heavy atom. The monoisotopic (exact) mass is 428 g/mol. The molecule has 90 valence electrons. The Bertz CT molecular complexity index is 342. The first-order valence-corrected chi connectivity index (χ1v) is 9.07. The molecule has 0 bridgehead atoms. The van der Waals surface area contributed by atoms with Crippen molar-refractivity contribution in [3.63, 3.8) is 0 Å². The number of hydrogen-bond donors (Lipinski definition) is 0. The molecule has 0 radical (unpaired) electrons. The van der Waals surface area contributed by atoms with Crippen LogP contribution in [0.2, 0.25) is 0 Å². The highest BCUT2D eigenvalue weighted by atomic mass is 79.9. The lowest BCUT2D eigenvalue weighted by molar-refractivity contribution is 0.483. The molecule has 0 spiro atoms. The van der Waals surface area contributed by atoms with Crippen molar-refractivity contribution < 1.29 is 0 Å². The van der Waals surface area contributed by atoms with Crippen LogP contribution < -0.4 is 0 Å². The van der Waals surface area contributed by atoms with E-state index in [9.17, 15) is 0 Å². The smallest absolute Gasteiger partial charge is 0.0753 e. The van der Waals surface area contributed by atoms with Gasteiger partial charge in [0.15, 0.2) is 0 Å². The molecule has 0 amide bonds. The van der Waals surface area contributed by atoms with E-state index in [1.54, 1.807) is 11.3 Å². The summed E-state index contributed by atoms with van der Waals surface area (Å²) >= 11 is 12.7. The van der Waals surface area contributed by atoms with Gasteiger partial charge < -0.3 is 0 Å². The summed E-state index contributed by atoms with van der Waals surface area (Å²) in [6.07, 6.45) is 8.43. The fourth-order valence-corrected chi connectivity index (χ4v) is 6.46. The molecule has 1 aromatic heterocycles. The molecule has 1 heterocycles. The molecular weight excluding hydrogens is 416 g/mol. The standard InChI is InChI=1S/C12H15Br3S/c13-10(6-5-8-3-1-2-4-8)9-7-11(14)16-12(9)15/h7-8,10H,1-6H2. The van der Waals surface area contributed by atoms with E-state index in [1.807, 2.05) is 0 Å². The van der Waals surface area contributed by atoms with E-state index < -0.39 is 0 Å². The minimum absolute atomic E-state index is 0.505. The van der Waals surface area contributed by atoms with Crippen molar-refractivity contribution in [2.75, 3.05) is 0 Å². The molecule has 0 aromatic carbocycles. The maximum atomic E-state index is 3.81. The molecule has 16 heavy (non-hydrogen) atoms. The lowest BCUT2D eigenvalue weighted by Crippen LogP contribution is -1.96. The van der Waals surface area contributed by atoms with Crippen LogP contribution in [-0.2, 0) is 0 Å². The molecule has 0 aliphatic heterocycles. The van der Waals surface area contributed by atoms with Gasteiger partial charge in [-0.25, -0.2) is 0 Å². The fraction of sp³-hybridized carbons (Fsp3) is 0.667. The Hall–Kier alpha value is 1.14. The van der Waals surface area contributed by atoms with Crippen molar-refractivity contribution in [2.45, 2.75) is 43.4 Å². The predicted octanol–water partition coefficient (Wildman–Crippen LogP) is 6.68. The third-order valence-electron chi connectivity index (χ3n) is 3.32. The molecule has 4 heteroatoms. The number of hydrogen-bond acceptors (Lipinski definition) is 1. The maximum Gasteiger partial charge on any atom is 0.0753 e. The third-order valence-corrected chi connectivity index (χ3v) is 6.66. The van der Waals surface area contributed by atoms with Crippen LogP contribution in [-0.4, -0.2) is 0 Å². The Balaban J connectivity index is 1.87. The SMILES string of the molecule is Brc1cc(C(Br)CCC2CCCC2)c(Br)s1. The van der Waals surface area contributed by atoms with Crippen molar-refractivity contribution >= 4 is 59.1 Å². The second-order valence-electron chi connectivity index (χ2n) is 4.47. The van der Waals surface area contributed by atoms with Crippen LogP contribution in [0.1, 0.15) is 48.9 Å². The molecule has 0 N–H and O–H groups in total. The highest BCUT2D eigenvalue weighted by molar-refractivity contribution is 9.12. The van der Waals surface area contributed by atoms with Crippen molar-refractivity contribution in [3.8, 4) is 0 Å². The molecule has 0 saturated heterocycles. The van der Waals surface area contributed by atoms with Gasteiger partial charge in [0.25, 0.3) is 0 Å². The third kappa shape index (κ3) is 3.56. The van der Waals surface area contributed by atoms with E-state index in [-0.39, 0.29) is 0 Å². The van der Waals surface area contributed by atoms with E-state index in [0.29, 0.717) is 4.83 Å². The zero-order valence-corrected chi connectivity index (χ0v) is 14.6. The van der Waals surface area contributed by atoms with E-state index >= 15 is 0 Å². The highest BCUT2D eigenvalue weighted by Crippen LogP contribution is 2.42. The van der Waals surface area contributed by atoms with Crippen LogP contribution >= 0.6 is 59.1 Å². The Labute approximate surface area is 127 Å². The molecule has 1 aliphatic carbocycles. The largest absolute Gasteiger partial charge is 0.121 e. The van der Waals surface area contributed by atoms with Gasteiger partial charge in [0.1, 0.15) is 0 Å². The zero-order chi connectivity index (χ0) is 11.5. The summed E-state index contributed by atoms with van der Waals surface area (Å²) < 4.78 is 2.47. The first kappa shape index (κ1) is 13.6. The van der Waals surface area contributed by atoms with Gasteiger partial charge >= 0.3 is 0 Å². The van der Waals surface area contributed by atoms with E-state index in [2.05, 4.69) is 53.9 Å². The molecule has 1 saturated carbocycles. The zero-order valence-electron chi connectivity index (χ0n) is 9.02. The lowest BCUT2D eigenvalue weighted by atomic mass is 9.99. The van der Waals surface area contributed by atoms with Gasteiger partial charge in [0, 0.05) is 4.83 Å². The van der Waals surface area contributed by atoms with Crippen LogP contribution in [0.5, 0.6) is 0 Å². The summed E-state index contributed by atoms with van der Waals surface area (Å²) in [6.45, 7) is 0. The maximum absolute atomic E-state index is 3.81. The van der Waals surface area contributed by atoms with Crippen LogP contribution in [0.3, 0.4) is 0 Å². The lowest BCUT2D eigenvalue weighted by Gasteiger charge is -2.12. The summed E-state index contributed by atoms with van der Waals surface area (Å²) in [4.78, 5) is 0.505. The molecule has 0 nitrogen and oxygen atoms in total. The Morgan fingerprint density at radius 1 is 1.31 bits per heavy atom. The summed E-state index contributed by atoms with van der Waals surface area (Å²) in [7, 11) is 0. The number of alkyl halides is 1. The van der Waals surface area contributed by atoms with Gasteiger partial charge in [0.05, 0.1) is 7.57 Å². The van der Waals surface area contributed by atoms with Gasteiger partial charge in [-0.3, -0.25) is 0 Å². The first-order valence-electron chi connectivity index (χ1n) is 5.75. The Morgan fingerprint density at radius 3 is 2.56 bits per heavy atom. The van der Waals surface area contributed by atoms with Crippen molar-refractivity contribution in [1.29, 1.82) is 0 Å². The predicted molar refractivity (Wildman–Crippen MR) is 82.6 cm³/mol. The summed E-state index contributed by atoms with van der Waals surface area (Å²) in [6, 6.07) is 2.23. The van der Waals surface area contributed by atoms with Gasteiger partial charge in [-0.05, 0) is 62.2 Å². The molecular formula is C12H15Br3S. The number of thiophene rings is 1.